The van der Waals surface area contributed by atoms with Gasteiger partial charge in [-0.15, -0.1) is 0 Å². The maximum absolute atomic E-state index is 10.2. The molecule has 0 amide bonds. The summed E-state index contributed by atoms with van der Waals surface area (Å²) in [4.78, 5) is 0. The minimum absolute atomic E-state index is 0.115. The lowest BCUT2D eigenvalue weighted by Crippen LogP contribution is -2.05. The first-order chi connectivity index (χ1) is 17.0. The van der Waals surface area contributed by atoms with Crippen LogP contribution in [0, 0.1) is 0 Å². The van der Waals surface area contributed by atoms with Crippen molar-refractivity contribution in [3.63, 3.8) is 0 Å². The third kappa shape index (κ3) is 3.47. The third-order valence-corrected chi connectivity index (χ3v) is 9.68. The van der Waals surface area contributed by atoms with Gasteiger partial charge >= 0.3 is 0 Å². The van der Waals surface area contributed by atoms with E-state index in [0.717, 1.165) is 85.0 Å². The Labute approximate surface area is 236 Å². The van der Waals surface area contributed by atoms with E-state index in [0.29, 0.717) is 0 Å². The highest BCUT2D eigenvalue weighted by Gasteiger charge is 2.36. The molecule has 1 heterocycles. The van der Waals surface area contributed by atoms with Crippen molar-refractivity contribution in [3.05, 3.63) is 112 Å². The van der Waals surface area contributed by atoms with E-state index in [9.17, 15) is 10.2 Å². The van der Waals surface area contributed by atoms with Gasteiger partial charge in [0, 0.05) is 62.4 Å². The summed E-state index contributed by atoms with van der Waals surface area (Å²) in [5.41, 5.74) is 9.65. The van der Waals surface area contributed by atoms with Crippen LogP contribution in [-0.2, 0) is 13.2 Å². The zero-order valence-electron chi connectivity index (χ0n) is 18.0. The van der Waals surface area contributed by atoms with E-state index in [1.165, 1.54) is 0 Å². The molecule has 6 rings (SSSR count). The molecule has 35 heavy (non-hydrogen) atoms. The normalized spacial score (nSPS) is 13.2. The third-order valence-electron chi connectivity index (χ3n) is 6.52. The predicted octanol–water partition coefficient (Wildman–Crippen LogP) is 8.81. The standard InChI is InChI=1S/C28H16Br4O3/c29-19-9-15-16-10-20(30)18(12-34)28(32)25(16)26(24(15)27(31)17(19)11-33)23-13-5-1-3-7-21(13)35-22-8-4-2-6-14(22)23/h1-10,33-34H,11-12H2. The Morgan fingerprint density at radius 3 is 1.43 bits per heavy atom. The first kappa shape index (κ1) is 23.6. The Bertz CT molecular complexity index is 1480. The molecular formula is C28H16Br4O3. The van der Waals surface area contributed by atoms with E-state index in [-0.39, 0.29) is 13.2 Å². The van der Waals surface area contributed by atoms with Crippen molar-refractivity contribution in [1.82, 2.24) is 0 Å². The second kappa shape index (κ2) is 8.98. The monoisotopic (exact) mass is 716 g/mol. The van der Waals surface area contributed by atoms with E-state index < -0.39 is 0 Å². The van der Waals surface area contributed by atoms with Gasteiger partial charge < -0.3 is 14.9 Å². The fourth-order valence-electron chi connectivity index (χ4n) is 4.96. The first-order valence-corrected chi connectivity index (χ1v) is 14.0. The first-order valence-electron chi connectivity index (χ1n) is 10.8. The average molecular weight is 720 g/mol. The molecule has 4 aromatic carbocycles. The Morgan fingerprint density at radius 1 is 0.571 bits per heavy atom. The average Bonchev–Trinajstić information content (AvgIpc) is 3.17. The number of para-hydroxylation sites is 2. The Kier molecular flexibility index (Phi) is 6.06. The minimum atomic E-state index is -0.115. The number of halogens is 4. The molecule has 1 aliphatic heterocycles. The number of hydrogen-bond acceptors (Lipinski definition) is 3. The molecular weight excluding hydrogens is 704 g/mol. The van der Waals surface area contributed by atoms with E-state index >= 15 is 0 Å². The Hall–Kier alpha value is -1.74. The summed E-state index contributed by atoms with van der Waals surface area (Å²) in [6, 6.07) is 20.2. The van der Waals surface area contributed by atoms with E-state index in [2.05, 4.69) is 88.0 Å². The van der Waals surface area contributed by atoms with Crippen molar-refractivity contribution in [2.45, 2.75) is 13.2 Å². The van der Waals surface area contributed by atoms with Crippen molar-refractivity contribution in [2.24, 2.45) is 0 Å². The number of ether oxygens (including phenoxy) is 1. The van der Waals surface area contributed by atoms with Gasteiger partial charge in [-0.2, -0.15) is 0 Å². The molecule has 174 valence electrons. The molecule has 0 aromatic heterocycles. The highest BCUT2D eigenvalue weighted by molar-refractivity contribution is 9.11. The molecule has 0 saturated heterocycles. The molecule has 0 unspecified atom stereocenters. The van der Waals surface area contributed by atoms with Gasteiger partial charge in [0.05, 0.1) is 13.2 Å². The quantitative estimate of drug-likeness (QED) is 0.188. The summed E-state index contributed by atoms with van der Waals surface area (Å²) in [5, 5.41) is 20.4. The second-order valence-corrected chi connectivity index (χ2v) is 11.6. The van der Waals surface area contributed by atoms with Gasteiger partial charge in [-0.25, -0.2) is 0 Å². The molecule has 0 saturated carbocycles. The van der Waals surface area contributed by atoms with Crippen molar-refractivity contribution in [3.8, 4) is 22.6 Å². The summed E-state index contributed by atoms with van der Waals surface area (Å²) in [6.45, 7) is -0.229. The topological polar surface area (TPSA) is 49.7 Å². The summed E-state index contributed by atoms with van der Waals surface area (Å²) < 4.78 is 9.60. The van der Waals surface area contributed by atoms with Gasteiger partial charge in [-0.1, -0.05) is 68.3 Å². The Morgan fingerprint density at radius 2 is 1.00 bits per heavy atom. The number of benzene rings is 4. The van der Waals surface area contributed by atoms with Crippen LogP contribution in [0.2, 0.25) is 0 Å². The molecule has 2 aliphatic rings. The lowest BCUT2D eigenvalue weighted by atomic mass is 9.85. The smallest absolute Gasteiger partial charge is 0.135 e. The molecule has 0 fully saturated rings. The molecule has 0 radical (unpaired) electrons. The molecule has 7 heteroatoms. The fraction of sp³-hybridized carbons (Fsp3) is 0.0714. The SMILES string of the molecule is OCc1c(Br)cc2c(c1Br)C(=C1c3ccccc3Oc3ccccc31)c1c-2cc(Br)c(CO)c1Br. The zero-order valence-corrected chi connectivity index (χ0v) is 24.3. The van der Waals surface area contributed by atoms with Crippen LogP contribution < -0.4 is 4.74 Å². The van der Waals surface area contributed by atoms with Crippen LogP contribution in [0.15, 0.2) is 78.6 Å². The van der Waals surface area contributed by atoms with Gasteiger partial charge in [-0.3, -0.25) is 0 Å². The number of aliphatic hydroxyl groups is 2. The van der Waals surface area contributed by atoms with Crippen LogP contribution >= 0.6 is 63.7 Å². The summed E-state index contributed by atoms with van der Waals surface area (Å²) in [5.74, 6) is 1.57. The molecule has 1 aliphatic carbocycles. The molecule has 2 N–H and O–H groups in total. The summed E-state index contributed by atoms with van der Waals surface area (Å²) >= 11 is 15.0. The molecule has 0 spiro atoms. The largest absolute Gasteiger partial charge is 0.456 e. The zero-order chi connectivity index (χ0) is 24.4. The number of fused-ring (bicyclic) bond motifs is 5. The second-order valence-electron chi connectivity index (χ2n) is 8.31. The van der Waals surface area contributed by atoms with Crippen LogP contribution in [-0.4, -0.2) is 10.2 Å². The highest BCUT2D eigenvalue weighted by atomic mass is 79.9. The van der Waals surface area contributed by atoms with Gasteiger partial charge in [0.15, 0.2) is 0 Å². The molecule has 4 aromatic rings. The van der Waals surface area contributed by atoms with E-state index in [4.69, 9.17) is 4.74 Å². The van der Waals surface area contributed by atoms with Crippen LogP contribution in [0.4, 0.5) is 0 Å². The number of aliphatic hydroxyl groups excluding tert-OH is 2. The van der Waals surface area contributed by atoms with Gasteiger partial charge in [0.2, 0.25) is 0 Å². The predicted molar refractivity (Wildman–Crippen MR) is 152 cm³/mol. The van der Waals surface area contributed by atoms with Crippen LogP contribution in [0.3, 0.4) is 0 Å². The molecule has 0 atom stereocenters. The fourth-order valence-corrected chi connectivity index (χ4v) is 8.09. The summed E-state index contributed by atoms with van der Waals surface area (Å²) in [6.07, 6.45) is 0. The number of hydrogen-bond donors (Lipinski definition) is 2. The van der Waals surface area contributed by atoms with Crippen LogP contribution in [0.1, 0.15) is 33.4 Å². The molecule has 0 bridgehead atoms. The summed E-state index contributed by atoms with van der Waals surface area (Å²) in [7, 11) is 0. The van der Waals surface area contributed by atoms with Gasteiger partial charge in [-0.05, 0) is 67.3 Å². The van der Waals surface area contributed by atoms with Crippen molar-refractivity contribution in [1.29, 1.82) is 0 Å². The Balaban J connectivity index is 1.87. The van der Waals surface area contributed by atoms with Crippen LogP contribution in [0.5, 0.6) is 11.5 Å². The maximum atomic E-state index is 10.2. The number of rotatable bonds is 2. The van der Waals surface area contributed by atoms with Crippen LogP contribution in [0.25, 0.3) is 22.3 Å². The van der Waals surface area contributed by atoms with E-state index in [1.54, 1.807) is 0 Å². The van der Waals surface area contributed by atoms with E-state index in [1.807, 2.05) is 36.4 Å². The lowest BCUT2D eigenvalue weighted by Gasteiger charge is -2.26. The maximum Gasteiger partial charge on any atom is 0.135 e. The van der Waals surface area contributed by atoms with Gasteiger partial charge in [0.25, 0.3) is 0 Å². The lowest BCUT2D eigenvalue weighted by molar-refractivity contribution is 0.280. The van der Waals surface area contributed by atoms with Gasteiger partial charge in [0.1, 0.15) is 11.5 Å². The van der Waals surface area contributed by atoms with Crippen molar-refractivity contribution in [2.75, 3.05) is 0 Å². The van der Waals surface area contributed by atoms with Crippen molar-refractivity contribution >= 4 is 74.9 Å². The highest BCUT2D eigenvalue weighted by Crippen LogP contribution is 2.58. The van der Waals surface area contributed by atoms with Crippen molar-refractivity contribution < 1.29 is 14.9 Å². The minimum Gasteiger partial charge on any atom is -0.456 e. The molecule has 3 nitrogen and oxygen atoms in total.